The number of Topliss-reactive ketones (excluding diaryl/α,β-unsaturated/α-hetero) is 1. The van der Waals surface area contributed by atoms with Gasteiger partial charge >= 0.3 is 0 Å². The molecule has 7 heteroatoms. The summed E-state index contributed by atoms with van der Waals surface area (Å²) in [5.41, 5.74) is 3.74. The second kappa shape index (κ2) is 8.24. The first kappa shape index (κ1) is 21.0. The molecule has 0 bridgehead atoms. The Hall–Kier alpha value is -3.87. The molecule has 33 heavy (non-hydrogen) atoms. The van der Waals surface area contributed by atoms with Crippen LogP contribution < -0.4 is 19.5 Å². The lowest BCUT2D eigenvalue weighted by Gasteiger charge is -2.15. The van der Waals surface area contributed by atoms with Gasteiger partial charge in [-0.15, -0.1) is 0 Å². The first-order valence-corrected chi connectivity index (χ1v) is 10.7. The van der Waals surface area contributed by atoms with Crippen LogP contribution in [0.15, 0.2) is 48.5 Å². The van der Waals surface area contributed by atoms with Crippen LogP contribution in [0.25, 0.3) is 11.1 Å². The van der Waals surface area contributed by atoms with E-state index in [-0.39, 0.29) is 31.1 Å². The number of halogens is 1. The van der Waals surface area contributed by atoms with E-state index < -0.39 is 5.82 Å². The number of aryl methyl sites for hydroxylation is 1. The number of hydrogen-bond acceptors (Lipinski definition) is 5. The maximum absolute atomic E-state index is 14.7. The van der Waals surface area contributed by atoms with Gasteiger partial charge in [0.05, 0.1) is 6.54 Å². The van der Waals surface area contributed by atoms with E-state index in [1.807, 2.05) is 19.1 Å². The fourth-order valence-electron chi connectivity index (χ4n) is 4.20. The number of hydrogen-bond donors (Lipinski definition) is 1. The summed E-state index contributed by atoms with van der Waals surface area (Å²) in [5.74, 6) is 0.945. The lowest BCUT2D eigenvalue weighted by atomic mass is 9.95. The van der Waals surface area contributed by atoms with Crippen molar-refractivity contribution in [1.82, 2.24) is 5.32 Å². The van der Waals surface area contributed by atoms with Crippen LogP contribution in [-0.2, 0) is 6.42 Å². The van der Waals surface area contributed by atoms with Crippen LogP contribution >= 0.6 is 0 Å². The normalized spacial score (nSPS) is 15.7. The molecule has 6 nitrogen and oxygen atoms in total. The Kier molecular flexibility index (Phi) is 5.24. The van der Waals surface area contributed by atoms with Crippen molar-refractivity contribution in [2.45, 2.75) is 26.4 Å². The van der Waals surface area contributed by atoms with Crippen LogP contribution in [-0.4, -0.2) is 31.1 Å². The molecule has 5 rings (SSSR count). The van der Waals surface area contributed by atoms with Gasteiger partial charge in [-0.25, -0.2) is 4.39 Å². The van der Waals surface area contributed by atoms with Crippen molar-refractivity contribution in [3.8, 4) is 28.4 Å². The molecule has 1 N–H and O–H groups in total. The van der Waals surface area contributed by atoms with Crippen molar-refractivity contribution >= 4 is 11.7 Å². The Balaban J connectivity index is 1.34. The lowest BCUT2D eigenvalue weighted by molar-refractivity contribution is 0.0932. The minimum Gasteiger partial charge on any atom is -0.487 e. The molecule has 3 aromatic rings. The van der Waals surface area contributed by atoms with Gasteiger partial charge in [0.1, 0.15) is 17.7 Å². The Morgan fingerprint density at radius 1 is 1.00 bits per heavy atom. The Labute approximate surface area is 190 Å². The smallest absolute Gasteiger partial charge is 0.251 e. The molecule has 2 heterocycles. The molecule has 0 radical (unpaired) electrons. The van der Waals surface area contributed by atoms with Gasteiger partial charge in [0.15, 0.2) is 17.3 Å². The predicted octanol–water partition coefficient (Wildman–Crippen LogP) is 4.47. The molecule has 1 atom stereocenters. The third-order valence-corrected chi connectivity index (χ3v) is 5.83. The van der Waals surface area contributed by atoms with Gasteiger partial charge in [-0.3, -0.25) is 9.59 Å². The summed E-state index contributed by atoms with van der Waals surface area (Å²) in [6.07, 6.45) is 0.289. The van der Waals surface area contributed by atoms with E-state index in [9.17, 15) is 14.0 Å². The van der Waals surface area contributed by atoms with E-state index >= 15 is 0 Å². The number of amides is 1. The average Bonchev–Trinajstić information content (AvgIpc) is 3.43. The fourth-order valence-corrected chi connectivity index (χ4v) is 4.20. The summed E-state index contributed by atoms with van der Waals surface area (Å²) in [7, 11) is 0. The number of ketones is 1. The highest BCUT2D eigenvalue weighted by molar-refractivity contribution is 5.96. The molecule has 0 aromatic heterocycles. The predicted molar refractivity (Wildman–Crippen MR) is 120 cm³/mol. The molecule has 2 aliphatic rings. The maximum atomic E-state index is 14.7. The number of carbonyl (C=O) groups is 2. The van der Waals surface area contributed by atoms with Crippen LogP contribution in [0.4, 0.5) is 4.39 Å². The molecular formula is C26H22FNO5. The maximum Gasteiger partial charge on any atom is 0.251 e. The quantitative estimate of drug-likeness (QED) is 0.585. The van der Waals surface area contributed by atoms with Crippen molar-refractivity contribution in [2.24, 2.45) is 0 Å². The number of carbonyl (C=O) groups excluding carboxylic acids is 2. The van der Waals surface area contributed by atoms with Crippen LogP contribution in [0.1, 0.15) is 38.8 Å². The zero-order valence-electron chi connectivity index (χ0n) is 18.2. The molecule has 3 aromatic carbocycles. The highest BCUT2D eigenvalue weighted by Gasteiger charge is 2.28. The van der Waals surface area contributed by atoms with Gasteiger partial charge in [-0.2, -0.15) is 0 Å². The van der Waals surface area contributed by atoms with Crippen LogP contribution in [0.5, 0.6) is 17.2 Å². The van der Waals surface area contributed by atoms with Crippen molar-refractivity contribution in [2.75, 3.05) is 13.3 Å². The molecule has 168 valence electrons. The van der Waals surface area contributed by atoms with Gasteiger partial charge < -0.3 is 19.5 Å². The first-order chi connectivity index (χ1) is 15.9. The van der Waals surface area contributed by atoms with E-state index in [0.717, 1.165) is 11.1 Å². The van der Waals surface area contributed by atoms with Crippen molar-refractivity contribution in [3.63, 3.8) is 0 Å². The Morgan fingerprint density at radius 2 is 1.79 bits per heavy atom. The SMILES string of the molecule is CC(=O)c1ccc(F)c(-c2cc(C)cc3c2OC(CNC(=O)c2ccc4c(c2)OCO4)C3)c1. The van der Waals surface area contributed by atoms with Gasteiger partial charge in [-0.05, 0) is 67.4 Å². The lowest BCUT2D eigenvalue weighted by Crippen LogP contribution is -2.34. The fraction of sp³-hybridized carbons (Fsp3) is 0.231. The zero-order chi connectivity index (χ0) is 23.1. The summed E-state index contributed by atoms with van der Waals surface area (Å²) in [5, 5.41) is 2.90. The van der Waals surface area contributed by atoms with Crippen molar-refractivity contribution in [3.05, 3.63) is 76.6 Å². The third kappa shape index (κ3) is 4.02. The molecule has 0 spiro atoms. The van der Waals surface area contributed by atoms with Crippen molar-refractivity contribution < 1.29 is 28.2 Å². The molecule has 1 amide bonds. The van der Waals surface area contributed by atoms with Crippen LogP contribution in [0, 0.1) is 12.7 Å². The van der Waals surface area contributed by atoms with Crippen LogP contribution in [0.3, 0.4) is 0 Å². The molecule has 0 fully saturated rings. The van der Waals surface area contributed by atoms with Crippen molar-refractivity contribution in [1.29, 1.82) is 0 Å². The number of fused-ring (bicyclic) bond motifs is 2. The molecule has 1 unspecified atom stereocenters. The monoisotopic (exact) mass is 447 g/mol. The van der Waals surface area contributed by atoms with E-state index in [1.54, 1.807) is 24.3 Å². The average molecular weight is 447 g/mol. The molecule has 0 saturated heterocycles. The second-order valence-corrected chi connectivity index (χ2v) is 8.27. The minimum absolute atomic E-state index is 0.134. The van der Waals surface area contributed by atoms with Gasteiger partial charge in [-0.1, -0.05) is 6.07 Å². The second-order valence-electron chi connectivity index (χ2n) is 8.27. The van der Waals surface area contributed by atoms with Gasteiger partial charge in [0.2, 0.25) is 6.79 Å². The molecule has 0 saturated carbocycles. The highest BCUT2D eigenvalue weighted by Crippen LogP contribution is 2.41. The highest BCUT2D eigenvalue weighted by atomic mass is 19.1. The van der Waals surface area contributed by atoms with Gasteiger partial charge in [0, 0.05) is 28.7 Å². The Bertz CT molecular complexity index is 1290. The standard InChI is InChI=1S/C26H22FNO5/c1-14-7-18-9-19(12-28-26(30)17-4-6-23-24(11-17)32-13-31-23)33-25(18)21(8-14)20-10-16(15(2)29)3-5-22(20)27/h3-8,10-11,19H,9,12-13H2,1-2H3,(H,28,30). The van der Waals surface area contributed by atoms with Crippen LogP contribution in [0.2, 0.25) is 0 Å². The topological polar surface area (TPSA) is 73.9 Å². The molecule has 0 aliphatic carbocycles. The number of nitrogens with one attached hydrogen (secondary N) is 1. The number of benzene rings is 3. The third-order valence-electron chi connectivity index (χ3n) is 5.83. The molecule has 2 aliphatic heterocycles. The zero-order valence-corrected chi connectivity index (χ0v) is 18.2. The largest absolute Gasteiger partial charge is 0.487 e. The summed E-state index contributed by atoms with van der Waals surface area (Å²) in [6.45, 7) is 3.82. The summed E-state index contributed by atoms with van der Waals surface area (Å²) in [4.78, 5) is 24.4. The molecular weight excluding hydrogens is 425 g/mol. The minimum atomic E-state index is -0.420. The van der Waals surface area contributed by atoms with Gasteiger partial charge in [0.25, 0.3) is 5.91 Å². The number of ether oxygens (including phenoxy) is 3. The van der Waals surface area contributed by atoms with E-state index in [1.165, 1.54) is 19.1 Å². The summed E-state index contributed by atoms with van der Waals surface area (Å²) >= 11 is 0. The first-order valence-electron chi connectivity index (χ1n) is 10.7. The van der Waals surface area contributed by atoms with E-state index in [2.05, 4.69) is 5.32 Å². The van der Waals surface area contributed by atoms with E-state index in [0.29, 0.717) is 45.9 Å². The number of rotatable bonds is 5. The van der Waals surface area contributed by atoms with E-state index in [4.69, 9.17) is 14.2 Å². The summed E-state index contributed by atoms with van der Waals surface area (Å²) < 4.78 is 31.5. The Morgan fingerprint density at radius 3 is 2.61 bits per heavy atom. The summed E-state index contributed by atoms with van der Waals surface area (Å²) in [6, 6.07) is 13.2.